The molecular weight excluding hydrogens is 180 g/mol. The Morgan fingerprint density at radius 1 is 1.57 bits per heavy atom. The Kier molecular flexibility index (Phi) is 4.35. The van der Waals surface area contributed by atoms with Gasteiger partial charge in [0.2, 0.25) is 0 Å². The molecule has 4 heteroatoms. The van der Waals surface area contributed by atoms with Crippen LogP contribution in [0.2, 0.25) is 0 Å². The van der Waals surface area contributed by atoms with Crippen molar-refractivity contribution in [1.82, 2.24) is 9.80 Å². The minimum atomic E-state index is -0.707. The molecule has 1 aliphatic heterocycles. The summed E-state index contributed by atoms with van der Waals surface area (Å²) in [5.74, 6) is -0.707. The Morgan fingerprint density at radius 3 is 2.86 bits per heavy atom. The Labute approximate surface area is 85.5 Å². The molecule has 1 rings (SSSR count). The first kappa shape index (κ1) is 11.5. The third-order valence-electron chi connectivity index (χ3n) is 2.75. The molecule has 0 aromatic rings. The monoisotopic (exact) mass is 200 g/mol. The molecule has 1 unspecified atom stereocenters. The van der Waals surface area contributed by atoms with Gasteiger partial charge in [0.15, 0.2) is 0 Å². The van der Waals surface area contributed by atoms with Crippen LogP contribution in [0.1, 0.15) is 19.3 Å². The van der Waals surface area contributed by atoms with Gasteiger partial charge in [-0.25, -0.2) is 0 Å². The number of rotatable bonds is 5. The van der Waals surface area contributed by atoms with Crippen molar-refractivity contribution in [1.29, 1.82) is 0 Å². The van der Waals surface area contributed by atoms with Crippen LogP contribution in [-0.2, 0) is 4.79 Å². The van der Waals surface area contributed by atoms with Gasteiger partial charge in [-0.15, -0.1) is 0 Å². The number of hydrogen-bond donors (Lipinski definition) is 1. The number of nitrogens with zero attached hydrogens (tertiary/aromatic N) is 2. The predicted octanol–water partition coefficient (Wildman–Crippen LogP) is 0.487. The van der Waals surface area contributed by atoms with E-state index in [1.807, 2.05) is 0 Å². The van der Waals surface area contributed by atoms with Gasteiger partial charge < -0.3 is 10.0 Å². The maximum absolute atomic E-state index is 10.6. The molecule has 0 aliphatic carbocycles. The van der Waals surface area contributed by atoms with Crippen LogP contribution >= 0.6 is 0 Å². The fourth-order valence-electron chi connectivity index (χ4n) is 2.01. The summed E-state index contributed by atoms with van der Waals surface area (Å²) >= 11 is 0. The number of carbonyl (C=O) groups is 1. The summed E-state index contributed by atoms with van der Waals surface area (Å²) < 4.78 is 0. The third kappa shape index (κ3) is 3.64. The number of aliphatic carboxylic acids is 1. The van der Waals surface area contributed by atoms with Gasteiger partial charge in [0, 0.05) is 6.04 Å². The normalized spacial score (nSPS) is 23.2. The minimum absolute atomic E-state index is 0.206. The van der Waals surface area contributed by atoms with Gasteiger partial charge >= 0.3 is 5.97 Å². The van der Waals surface area contributed by atoms with E-state index in [2.05, 4.69) is 23.9 Å². The van der Waals surface area contributed by atoms with Crippen LogP contribution in [-0.4, -0.2) is 60.6 Å². The van der Waals surface area contributed by atoms with Crippen molar-refractivity contribution < 1.29 is 9.90 Å². The number of carboxylic acids is 1. The smallest absolute Gasteiger partial charge is 0.317 e. The van der Waals surface area contributed by atoms with Gasteiger partial charge in [0.25, 0.3) is 0 Å². The van der Waals surface area contributed by atoms with Crippen molar-refractivity contribution in [2.45, 2.75) is 25.3 Å². The van der Waals surface area contributed by atoms with Gasteiger partial charge in [-0.1, -0.05) is 0 Å². The zero-order valence-electron chi connectivity index (χ0n) is 9.07. The molecule has 0 spiro atoms. The lowest BCUT2D eigenvalue weighted by molar-refractivity contribution is -0.138. The molecule has 1 heterocycles. The molecule has 14 heavy (non-hydrogen) atoms. The fourth-order valence-corrected chi connectivity index (χ4v) is 2.01. The molecule has 1 atom stereocenters. The molecule has 1 fully saturated rings. The van der Waals surface area contributed by atoms with E-state index < -0.39 is 5.97 Å². The maximum atomic E-state index is 10.6. The Morgan fingerprint density at radius 2 is 2.29 bits per heavy atom. The summed E-state index contributed by atoms with van der Waals surface area (Å²) in [6, 6.07) is 0.480. The summed E-state index contributed by atoms with van der Waals surface area (Å²) in [7, 11) is 4.10. The number of likely N-dealkylation sites (tertiary alicyclic amines) is 1. The molecule has 0 aromatic heterocycles. The van der Waals surface area contributed by atoms with E-state index in [4.69, 9.17) is 5.11 Å². The molecule has 0 amide bonds. The second-order valence-electron chi connectivity index (χ2n) is 4.25. The Bertz CT molecular complexity index is 195. The minimum Gasteiger partial charge on any atom is -0.480 e. The molecule has 1 saturated heterocycles. The lowest BCUT2D eigenvalue weighted by Crippen LogP contribution is -2.36. The first-order valence-corrected chi connectivity index (χ1v) is 5.20. The van der Waals surface area contributed by atoms with Crippen LogP contribution < -0.4 is 0 Å². The first-order chi connectivity index (χ1) is 6.59. The summed E-state index contributed by atoms with van der Waals surface area (Å²) in [5, 5.41) is 8.72. The molecule has 0 aromatic carbocycles. The van der Waals surface area contributed by atoms with Crippen molar-refractivity contribution in [2.24, 2.45) is 0 Å². The van der Waals surface area contributed by atoms with E-state index >= 15 is 0 Å². The van der Waals surface area contributed by atoms with Crippen molar-refractivity contribution in [3.63, 3.8) is 0 Å². The van der Waals surface area contributed by atoms with E-state index in [1.165, 1.54) is 0 Å². The second kappa shape index (κ2) is 5.32. The van der Waals surface area contributed by atoms with Crippen LogP contribution in [0.3, 0.4) is 0 Å². The summed E-state index contributed by atoms with van der Waals surface area (Å²) in [4.78, 5) is 14.8. The zero-order valence-corrected chi connectivity index (χ0v) is 9.07. The second-order valence-corrected chi connectivity index (χ2v) is 4.25. The molecule has 1 N–H and O–H groups in total. The average Bonchev–Trinajstić information content (AvgIpc) is 2.47. The molecule has 1 aliphatic rings. The van der Waals surface area contributed by atoms with Gasteiger partial charge in [0.1, 0.15) is 0 Å². The molecule has 0 radical (unpaired) electrons. The SMILES string of the molecule is CN(C)CCC1CCCN1CC(=O)O. The van der Waals surface area contributed by atoms with Crippen molar-refractivity contribution >= 4 is 5.97 Å². The standard InChI is InChI=1S/C10H20N2O2/c1-11(2)7-5-9-4-3-6-12(9)8-10(13)14/h9H,3-8H2,1-2H3,(H,13,14). The molecular formula is C10H20N2O2. The van der Waals surface area contributed by atoms with Gasteiger partial charge in [-0.3, -0.25) is 9.69 Å². The fraction of sp³-hybridized carbons (Fsp3) is 0.900. The molecule has 4 nitrogen and oxygen atoms in total. The lowest BCUT2D eigenvalue weighted by atomic mass is 10.1. The summed E-state index contributed by atoms with van der Waals surface area (Å²) in [6.07, 6.45) is 3.38. The van der Waals surface area contributed by atoms with Crippen molar-refractivity contribution in [2.75, 3.05) is 33.7 Å². The first-order valence-electron chi connectivity index (χ1n) is 5.20. The lowest BCUT2D eigenvalue weighted by Gasteiger charge is -2.23. The van der Waals surface area contributed by atoms with Gasteiger partial charge in [-0.05, 0) is 46.4 Å². The number of hydrogen-bond acceptors (Lipinski definition) is 3. The quantitative estimate of drug-likeness (QED) is 0.701. The highest BCUT2D eigenvalue weighted by Gasteiger charge is 2.25. The zero-order chi connectivity index (χ0) is 10.6. The van der Waals surface area contributed by atoms with Crippen LogP contribution in [0.15, 0.2) is 0 Å². The van der Waals surface area contributed by atoms with Gasteiger partial charge in [-0.2, -0.15) is 0 Å². The van der Waals surface area contributed by atoms with E-state index in [9.17, 15) is 4.79 Å². The highest BCUT2D eigenvalue weighted by Crippen LogP contribution is 2.19. The maximum Gasteiger partial charge on any atom is 0.317 e. The topological polar surface area (TPSA) is 43.8 Å². The Balaban J connectivity index is 2.31. The van der Waals surface area contributed by atoms with Crippen molar-refractivity contribution in [3.8, 4) is 0 Å². The van der Waals surface area contributed by atoms with Crippen LogP contribution in [0.5, 0.6) is 0 Å². The van der Waals surface area contributed by atoms with Crippen molar-refractivity contribution in [3.05, 3.63) is 0 Å². The van der Waals surface area contributed by atoms with Gasteiger partial charge in [0.05, 0.1) is 6.54 Å². The highest BCUT2D eigenvalue weighted by molar-refractivity contribution is 5.69. The van der Waals surface area contributed by atoms with E-state index in [-0.39, 0.29) is 6.54 Å². The molecule has 0 bridgehead atoms. The van der Waals surface area contributed by atoms with Crippen LogP contribution in [0, 0.1) is 0 Å². The third-order valence-corrected chi connectivity index (χ3v) is 2.75. The van der Waals surface area contributed by atoms with E-state index in [0.717, 1.165) is 32.4 Å². The van der Waals surface area contributed by atoms with Crippen LogP contribution in [0.25, 0.3) is 0 Å². The largest absolute Gasteiger partial charge is 0.480 e. The van der Waals surface area contributed by atoms with Crippen LogP contribution in [0.4, 0.5) is 0 Å². The Hall–Kier alpha value is -0.610. The van der Waals surface area contributed by atoms with E-state index in [1.54, 1.807) is 0 Å². The highest BCUT2D eigenvalue weighted by atomic mass is 16.4. The van der Waals surface area contributed by atoms with E-state index in [0.29, 0.717) is 6.04 Å². The predicted molar refractivity (Wildman–Crippen MR) is 55.4 cm³/mol. The number of carboxylic acid groups (broad SMARTS) is 1. The molecule has 0 saturated carbocycles. The molecule has 82 valence electrons. The average molecular weight is 200 g/mol. The summed E-state index contributed by atoms with van der Waals surface area (Å²) in [6.45, 7) is 2.20. The summed E-state index contributed by atoms with van der Waals surface area (Å²) in [5.41, 5.74) is 0.